The number of fused-ring (bicyclic) bond motifs is 4. The second-order valence-electron chi connectivity index (χ2n) is 9.12. The summed E-state index contributed by atoms with van der Waals surface area (Å²) in [4.78, 5) is 4.99. The zero-order valence-electron chi connectivity index (χ0n) is 18.0. The predicted molar refractivity (Wildman–Crippen MR) is 121 cm³/mol. The average molecular weight is 432 g/mol. The highest BCUT2D eigenvalue weighted by Crippen LogP contribution is 2.41. The van der Waals surface area contributed by atoms with Crippen LogP contribution in [-0.2, 0) is 6.54 Å². The van der Waals surface area contributed by atoms with Crippen LogP contribution in [0.5, 0.6) is 0 Å². The van der Waals surface area contributed by atoms with Gasteiger partial charge in [-0.2, -0.15) is 10.4 Å². The molecule has 0 amide bonds. The van der Waals surface area contributed by atoms with Crippen LogP contribution in [0.1, 0.15) is 29.8 Å². The first-order valence-corrected chi connectivity index (χ1v) is 11.2. The molecule has 3 aliphatic rings. The second-order valence-corrected chi connectivity index (χ2v) is 9.12. The number of anilines is 2. The summed E-state index contributed by atoms with van der Waals surface area (Å²) in [7, 11) is 0. The molecule has 3 aromatic rings. The molecule has 8 heteroatoms. The summed E-state index contributed by atoms with van der Waals surface area (Å²) in [5.41, 5.74) is 6.30. The van der Waals surface area contributed by atoms with E-state index in [-0.39, 0.29) is 6.04 Å². The van der Waals surface area contributed by atoms with Gasteiger partial charge in [0.15, 0.2) is 0 Å². The highest BCUT2D eigenvalue weighted by Gasteiger charge is 2.39. The Balaban J connectivity index is 1.29. The van der Waals surface area contributed by atoms with Gasteiger partial charge in [-0.25, -0.2) is 8.91 Å². The van der Waals surface area contributed by atoms with E-state index in [1.807, 2.05) is 18.2 Å². The minimum Gasteiger partial charge on any atom is -0.378 e. The minimum atomic E-state index is -0.851. The van der Waals surface area contributed by atoms with Crippen LogP contribution in [0.4, 0.5) is 15.8 Å². The van der Waals surface area contributed by atoms with Crippen LogP contribution in [-0.4, -0.2) is 58.9 Å². The summed E-state index contributed by atoms with van der Waals surface area (Å²) in [6, 6.07) is 15.1. The van der Waals surface area contributed by atoms with E-state index in [2.05, 4.69) is 56.7 Å². The van der Waals surface area contributed by atoms with Crippen molar-refractivity contribution in [2.45, 2.75) is 37.8 Å². The van der Waals surface area contributed by atoms with Crippen molar-refractivity contribution in [1.29, 1.82) is 5.26 Å². The Bertz CT molecular complexity index is 1210. The lowest BCUT2D eigenvalue weighted by atomic mass is 10.0. The molecule has 0 saturated carbocycles. The van der Waals surface area contributed by atoms with Crippen LogP contribution in [0.15, 0.2) is 42.6 Å². The highest BCUT2D eigenvalue weighted by molar-refractivity contribution is 5.74. The highest BCUT2D eigenvalue weighted by atomic mass is 19.1. The predicted octanol–water partition coefficient (Wildman–Crippen LogP) is 2.69. The number of nitriles is 1. The molecule has 6 rings (SSSR count). The first kappa shape index (κ1) is 19.5. The maximum atomic E-state index is 14.0. The van der Waals surface area contributed by atoms with Crippen molar-refractivity contribution in [3.8, 4) is 6.07 Å². The molecule has 3 aliphatic heterocycles. The van der Waals surface area contributed by atoms with Gasteiger partial charge in [-0.15, -0.1) is 0 Å². The van der Waals surface area contributed by atoms with Gasteiger partial charge < -0.3 is 15.5 Å². The quantitative estimate of drug-likeness (QED) is 0.665. The maximum Gasteiger partial charge on any atom is 0.142 e. The van der Waals surface area contributed by atoms with Gasteiger partial charge in [-0.05, 0) is 48.4 Å². The van der Waals surface area contributed by atoms with E-state index in [4.69, 9.17) is 0 Å². The number of nitrogens with one attached hydrogen (secondary N) is 2. The molecule has 0 aliphatic carbocycles. The molecule has 0 spiro atoms. The molecule has 5 heterocycles. The maximum absolute atomic E-state index is 14.0. The Labute approximate surface area is 186 Å². The van der Waals surface area contributed by atoms with Crippen molar-refractivity contribution in [2.24, 2.45) is 0 Å². The molecule has 32 heavy (non-hydrogen) atoms. The monoisotopic (exact) mass is 431 g/mol. The summed E-state index contributed by atoms with van der Waals surface area (Å²) in [5, 5.41) is 20.2. The van der Waals surface area contributed by atoms with Gasteiger partial charge in [-0.1, -0.05) is 6.07 Å². The van der Waals surface area contributed by atoms with Crippen LogP contribution in [0.25, 0.3) is 5.52 Å². The lowest BCUT2D eigenvalue weighted by Gasteiger charge is -2.43. The van der Waals surface area contributed by atoms with Crippen molar-refractivity contribution in [3.63, 3.8) is 0 Å². The van der Waals surface area contributed by atoms with Crippen molar-refractivity contribution >= 4 is 16.9 Å². The number of nitrogens with zero attached hydrogens (tertiary/aromatic N) is 5. The van der Waals surface area contributed by atoms with Crippen LogP contribution < -0.4 is 15.5 Å². The third-order valence-electron chi connectivity index (χ3n) is 7.18. The van der Waals surface area contributed by atoms with Gasteiger partial charge >= 0.3 is 0 Å². The van der Waals surface area contributed by atoms with Gasteiger partial charge in [0.25, 0.3) is 0 Å². The summed E-state index contributed by atoms with van der Waals surface area (Å²) in [6.07, 6.45) is 0.900. The molecule has 0 radical (unpaired) electrons. The Hall–Kier alpha value is -3.15. The van der Waals surface area contributed by atoms with E-state index in [1.165, 1.54) is 11.1 Å². The van der Waals surface area contributed by atoms with Crippen LogP contribution in [0, 0.1) is 11.3 Å². The van der Waals surface area contributed by atoms with Gasteiger partial charge in [0.05, 0.1) is 29.5 Å². The number of rotatable bonds is 3. The smallest absolute Gasteiger partial charge is 0.142 e. The number of pyridine rings is 1. The van der Waals surface area contributed by atoms with Gasteiger partial charge in [0.2, 0.25) is 0 Å². The largest absolute Gasteiger partial charge is 0.378 e. The fourth-order valence-electron chi connectivity index (χ4n) is 5.57. The third-order valence-corrected chi connectivity index (χ3v) is 7.18. The average Bonchev–Trinajstić information content (AvgIpc) is 3.52. The molecular formula is C24H26FN7. The molecule has 0 unspecified atom stereocenters. The molecule has 2 aromatic heterocycles. The number of hydrogen-bond donors (Lipinski definition) is 2. The van der Waals surface area contributed by atoms with E-state index in [0.717, 1.165) is 36.5 Å². The van der Waals surface area contributed by atoms with E-state index < -0.39 is 6.17 Å². The van der Waals surface area contributed by atoms with E-state index in [0.29, 0.717) is 30.9 Å². The normalized spacial score (nSPS) is 27.3. The fourth-order valence-corrected chi connectivity index (χ4v) is 5.57. The summed E-state index contributed by atoms with van der Waals surface area (Å²) in [6.45, 7) is 6.08. The number of aromatic nitrogens is 2. The number of piperazine rings is 1. The molecular weight excluding hydrogens is 405 g/mol. The Kier molecular flexibility index (Phi) is 4.56. The van der Waals surface area contributed by atoms with Crippen molar-refractivity contribution in [1.82, 2.24) is 19.8 Å². The number of benzene rings is 1. The van der Waals surface area contributed by atoms with Gasteiger partial charge in [0, 0.05) is 44.5 Å². The standard InChI is InChI=1S/C24H26FN7/c1-15-12-30(22-5-3-18(9-26)32-23(22)6-7-28-32)14-24-19-4-2-17(8-16(19)13-31(15)24)29-21-11-27-10-20(21)25/h2-8,15,20-21,24,27,29H,10-14H2,1H3/t15-,20-,21+,24-/m1/s1. The first-order valence-electron chi connectivity index (χ1n) is 11.2. The van der Waals surface area contributed by atoms with Gasteiger partial charge in [-0.3, -0.25) is 4.90 Å². The molecule has 164 valence electrons. The molecule has 4 atom stereocenters. The van der Waals surface area contributed by atoms with E-state index >= 15 is 0 Å². The lowest BCUT2D eigenvalue weighted by molar-refractivity contribution is 0.134. The van der Waals surface area contributed by atoms with Crippen molar-refractivity contribution in [2.75, 3.05) is 36.4 Å². The van der Waals surface area contributed by atoms with Crippen molar-refractivity contribution < 1.29 is 4.39 Å². The number of halogens is 1. The molecule has 7 nitrogen and oxygen atoms in total. The molecule has 2 N–H and O–H groups in total. The summed E-state index contributed by atoms with van der Waals surface area (Å²) < 4.78 is 15.7. The first-order chi connectivity index (χ1) is 15.6. The molecule has 2 saturated heterocycles. The SMILES string of the molecule is C[C@@H]1CN(c2ccc(C#N)n3nccc23)C[C@@H]2c3ccc(N[C@H]4CNC[C@H]4F)cc3CN12. The fraction of sp³-hybridized carbons (Fsp3) is 0.417. The van der Waals surface area contributed by atoms with Crippen LogP contribution in [0.3, 0.4) is 0 Å². The minimum absolute atomic E-state index is 0.166. The number of hydrogen-bond acceptors (Lipinski definition) is 6. The second kappa shape index (κ2) is 7.47. The van der Waals surface area contributed by atoms with Crippen molar-refractivity contribution in [3.05, 3.63) is 59.4 Å². The topological polar surface area (TPSA) is 71.6 Å². The Morgan fingerprint density at radius 1 is 1.19 bits per heavy atom. The molecule has 1 aromatic carbocycles. The Morgan fingerprint density at radius 2 is 2.09 bits per heavy atom. The van der Waals surface area contributed by atoms with Crippen LogP contribution >= 0.6 is 0 Å². The van der Waals surface area contributed by atoms with Crippen LogP contribution in [0.2, 0.25) is 0 Å². The number of alkyl halides is 1. The third kappa shape index (κ3) is 3.04. The summed E-state index contributed by atoms with van der Waals surface area (Å²) >= 11 is 0. The zero-order valence-corrected chi connectivity index (χ0v) is 18.0. The zero-order chi connectivity index (χ0) is 21.8. The van der Waals surface area contributed by atoms with E-state index in [9.17, 15) is 9.65 Å². The lowest BCUT2D eigenvalue weighted by Crippen LogP contribution is -2.51. The van der Waals surface area contributed by atoms with Gasteiger partial charge in [0.1, 0.15) is 17.9 Å². The Morgan fingerprint density at radius 3 is 2.91 bits per heavy atom. The van der Waals surface area contributed by atoms with E-state index in [1.54, 1.807) is 10.7 Å². The molecule has 2 fully saturated rings. The summed E-state index contributed by atoms with van der Waals surface area (Å²) in [5.74, 6) is 0. The molecule has 0 bridgehead atoms.